The van der Waals surface area contributed by atoms with Gasteiger partial charge in [-0.1, -0.05) is 17.7 Å². The van der Waals surface area contributed by atoms with Crippen LogP contribution in [0.1, 0.15) is 0 Å². The summed E-state index contributed by atoms with van der Waals surface area (Å²) in [6.07, 6.45) is 0. The Morgan fingerprint density at radius 3 is 2.44 bits per heavy atom. The van der Waals surface area contributed by atoms with Crippen molar-refractivity contribution in [3.8, 4) is 0 Å². The average molecular weight is 313 g/mol. The number of benzene rings is 1. The number of hydrogen-bond donors (Lipinski definition) is 2. The molecule has 0 aliphatic rings. The third-order valence-corrected chi connectivity index (χ3v) is 5.14. The lowest BCUT2D eigenvalue weighted by molar-refractivity contribution is 0.578. The summed E-state index contributed by atoms with van der Waals surface area (Å²) in [5, 5.41) is 0.292. The van der Waals surface area contributed by atoms with Gasteiger partial charge in [0.15, 0.2) is 0 Å². The van der Waals surface area contributed by atoms with Crippen LogP contribution in [0.2, 0.25) is 5.02 Å². The van der Waals surface area contributed by atoms with E-state index in [2.05, 4.69) is 9.44 Å². The maximum Gasteiger partial charge on any atom is 0.240 e. The second-order valence-corrected chi connectivity index (χ2v) is 7.63. The van der Waals surface area contributed by atoms with Gasteiger partial charge in [-0.05, 0) is 25.2 Å². The lowest BCUT2D eigenvalue weighted by Crippen LogP contribution is -2.32. The molecule has 1 rings (SSSR count). The van der Waals surface area contributed by atoms with Crippen LogP contribution in [0.4, 0.5) is 0 Å². The van der Waals surface area contributed by atoms with Crippen LogP contribution in [0.3, 0.4) is 0 Å². The van der Waals surface area contributed by atoms with Gasteiger partial charge in [0.05, 0.1) is 10.6 Å². The van der Waals surface area contributed by atoms with Crippen LogP contribution in [-0.2, 0) is 20.0 Å². The zero-order chi connectivity index (χ0) is 13.8. The van der Waals surface area contributed by atoms with E-state index in [1.165, 1.54) is 25.2 Å². The number of hydrogen-bond acceptors (Lipinski definition) is 4. The standard InChI is InChI=1S/C9H13ClN2O4S2/c1-11-17(13,14)6-5-12-18(15,16)9-4-2-3-8(10)7-9/h2-4,7,11-12H,5-6H2,1H3. The van der Waals surface area contributed by atoms with Crippen LogP contribution >= 0.6 is 11.6 Å². The lowest BCUT2D eigenvalue weighted by Gasteiger charge is -2.07. The molecule has 0 fully saturated rings. The molecule has 0 aliphatic heterocycles. The molecule has 0 bridgehead atoms. The summed E-state index contributed by atoms with van der Waals surface area (Å²) < 4.78 is 50.0. The maximum absolute atomic E-state index is 11.8. The molecule has 6 nitrogen and oxygen atoms in total. The first-order valence-corrected chi connectivity index (χ1v) is 8.45. The van der Waals surface area contributed by atoms with Crippen molar-refractivity contribution >= 4 is 31.6 Å². The van der Waals surface area contributed by atoms with Gasteiger partial charge in [0.2, 0.25) is 20.0 Å². The fourth-order valence-electron chi connectivity index (χ4n) is 1.13. The maximum atomic E-state index is 11.8. The second-order valence-electron chi connectivity index (χ2n) is 3.38. The molecular weight excluding hydrogens is 300 g/mol. The Morgan fingerprint density at radius 2 is 1.89 bits per heavy atom. The molecular formula is C9H13ClN2O4S2. The van der Waals surface area contributed by atoms with Gasteiger partial charge in [0.25, 0.3) is 0 Å². The monoisotopic (exact) mass is 312 g/mol. The van der Waals surface area contributed by atoms with E-state index in [4.69, 9.17) is 11.6 Å². The Kier molecular flexibility index (Phi) is 5.11. The predicted molar refractivity (Wildman–Crippen MR) is 69.5 cm³/mol. The SMILES string of the molecule is CNS(=O)(=O)CCNS(=O)(=O)c1cccc(Cl)c1. The van der Waals surface area contributed by atoms with Crippen molar-refractivity contribution < 1.29 is 16.8 Å². The van der Waals surface area contributed by atoms with Gasteiger partial charge < -0.3 is 0 Å². The molecule has 0 spiro atoms. The Balaban J connectivity index is 2.72. The summed E-state index contributed by atoms with van der Waals surface area (Å²) in [6.45, 7) is -0.210. The number of sulfonamides is 2. The number of halogens is 1. The van der Waals surface area contributed by atoms with Crippen molar-refractivity contribution in [2.45, 2.75) is 4.90 Å². The third kappa shape index (κ3) is 4.54. The minimum Gasteiger partial charge on any atom is -0.218 e. The highest BCUT2D eigenvalue weighted by molar-refractivity contribution is 7.90. The topological polar surface area (TPSA) is 92.3 Å². The van der Waals surface area contributed by atoms with Gasteiger partial charge in [-0.25, -0.2) is 26.3 Å². The molecule has 0 amide bonds. The Hall–Kier alpha value is -0.670. The Bertz CT molecular complexity index is 613. The number of nitrogens with one attached hydrogen (secondary N) is 2. The van der Waals surface area contributed by atoms with Crippen molar-refractivity contribution in [2.75, 3.05) is 19.3 Å². The highest BCUT2D eigenvalue weighted by atomic mass is 35.5. The molecule has 0 unspecified atom stereocenters. The van der Waals surface area contributed by atoms with Crippen molar-refractivity contribution in [1.82, 2.24) is 9.44 Å². The first kappa shape index (κ1) is 15.4. The molecule has 1 aromatic rings. The summed E-state index contributed by atoms with van der Waals surface area (Å²) in [5.41, 5.74) is 0. The molecule has 0 radical (unpaired) electrons. The quantitative estimate of drug-likeness (QED) is 0.783. The molecule has 0 saturated carbocycles. The van der Waals surface area contributed by atoms with Crippen molar-refractivity contribution in [3.63, 3.8) is 0 Å². The average Bonchev–Trinajstić information content (AvgIpc) is 2.28. The van der Waals surface area contributed by atoms with E-state index >= 15 is 0 Å². The van der Waals surface area contributed by atoms with Crippen LogP contribution in [0.15, 0.2) is 29.2 Å². The third-order valence-electron chi connectivity index (χ3n) is 2.08. The van der Waals surface area contributed by atoms with Gasteiger partial charge in [-0.2, -0.15) is 0 Å². The summed E-state index contributed by atoms with van der Waals surface area (Å²) in [5.74, 6) is -0.330. The van der Waals surface area contributed by atoms with Gasteiger partial charge in [-0.3, -0.25) is 0 Å². The lowest BCUT2D eigenvalue weighted by atomic mass is 10.4. The molecule has 9 heteroatoms. The van der Waals surface area contributed by atoms with Crippen molar-refractivity contribution in [1.29, 1.82) is 0 Å². The van der Waals surface area contributed by atoms with E-state index in [0.717, 1.165) is 0 Å². The smallest absolute Gasteiger partial charge is 0.218 e. The second kappa shape index (κ2) is 5.98. The summed E-state index contributed by atoms with van der Waals surface area (Å²) in [6, 6.07) is 5.71. The van der Waals surface area contributed by atoms with E-state index in [1.54, 1.807) is 6.07 Å². The van der Waals surface area contributed by atoms with Crippen LogP contribution < -0.4 is 9.44 Å². The number of rotatable bonds is 6. The zero-order valence-corrected chi connectivity index (χ0v) is 11.9. The highest BCUT2D eigenvalue weighted by Gasteiger charge is 2.15. The molecule has 0 saturated heterocycles. The summed E-state index contributed by atoms with van der Waals surface area (Å²) >= 11 is 5.68. The van der Waals surface area contributed by atoms with Crippen LogP contribution in [-0.4, -0.2) is 36.2 Å². The highest BCUT2D eigenvalue weighted by Crippen LogP contribution is 2.14. The van der Waals surface area contributed by atoms with Crippen molar-refractivity contribution in [2.24, 2.45) is 0 Å². The molecule has 0 aromatic heterocycles. The molecule has 18 heavy (non-hydrogen) atoms. The summed E-state index contributed by atoms with van der Waals surface area (Å²) in [4.78, 5) is -0.00291. The van der Waals surface area contributed by atoms with Crippen LogP contribution in [0.5, 0.6) is 0 Å². The predicted octanol–water partition coefficient (Wildman–Crippen LogP) is 0.168. The van der Waals surface area contributed by atoms with Gasteiger partial charge in [0.1, 0.15) is 0 Å². The Morgan fingerprint density at radius 1 is 1.22 bits per heavy atom. The summed E-state index contributed by atoms with van der Waals surface area (Å²) in [7, 11) is -5.91. The minimum absolute atomic E-state index is 0.00291. The molecule has 0 heterocycles. The first-order valence-electron chi connectivity index (χ1n) is 4.93. The van der Waals surface area contributed by atoms with Crippen LogP contribution in [0.25, 0.3) is 0 Å². The van der Waals surface area contributed by atoms with E-state index in [9.17, 15) is 16.8 Å². The van der Waals surface area contributed by atoms with E-state index in [-0.39, 0.29) is 17.2 Å². The molecule has 0 atom stereocenters. The van der Waals surface area contributed by atoms with E-state index in [1.807, 2.05) is 0 Å². The minimum atomic E-state index is -3.74. The molecule has 1 aromatic carbocycles. The first-order chi connectivity index (χ1) is 8.27. The van der Waals surface area contributed by atoms with Crippen molar-refractivity contribution in [3.05, 3.63) is 29.3 Å². The molecule has 102 valence electrons. The van der Waals surface area contributed by atoms with Gasteiger partial charge >= 0.3 is 0 Å². The largest absolute Gasteiger partial charge is 0.240 e. The Labute approximate surface area is 111 Å². The van der Waals surface area contributed by atoms with E-state index in [0.29, 0.717) is 5.02 Å². The normalized spacial score (nSPS) is 12.6. The fourth-order valence-corrected chi connectivity index (χ4v) is 3.17. The molecule has 2 N–H and O–H groups in total. The van der Waals surface area contributed by atoms with Gasteiger partial charge in [0, 0.05) is 11.6 Å². The zero-order valence-electron chi connectivity index (χ0n) is 9.55. The fraction of sp³-hybridized carbons (Fsp3) is 0.333. The van der Waals surface area contributed by atoms with Crippen LogP contribution in [0, 0.1) is 0 Å². The van der Waals surface area contributed by atoms with Gasteiger partial charge in [-0.15, -0.1) is 0 Å². The molecule has 0 aliphatic carbocycles. The van der Waals surface area contributed by atoms with E-state index < -0.39 is 20.0 Å².